The molecule has 1 amide bonds. The van der Waals surface area contributed by atoms with Crippen LogP contribution in [0.3, 0.4) is 0 Å². The average molecular weight is 272 g/mol. The minimum Gasteiger partial charge on any atom is -0.348 e. The summed E-state index contributed by atoms with van der Waals surface area (Å²) in [5, 5.41) is 6.35. The molecular weight excluding hydrogens is 252 g/mol. The van der Waals surface area contributed by atoms with Crippen molar-refractivity contribution in [3.8, 4) is 0 Å². The maximum Gasteiger partial charge on any atom is 0.237 e. The second kappa shape index (κ2) is 5.02. The Morgan fingerprint density at radius 1 is 1.25 bits per heavy atom. The van der Waals surface area contributed by atoms with Crippen LogP contribution < -0.4 is 10.6 Å². The molecule has 0 radical (unpaired) electrons. The van der Waals surface area contributed by atoms with Crippen LogP contribution in [0.2, 0.25) is 0 Å². The molecule has 2 N–H and O–H groups in total. The van der Waals surface area contributed by atoms with Gasteiger partial charge >= 0.3 is 0 Å². The van der Waals surface area contributed by atoms with Gasteiger partial charge in [-0.25, -0.2) is 0 Å². The highest BCUT2D eigenvalue weighted by Crippen LogP contribution is 2.38. The molecule has 2 aliphatic rings. The first-order valence-corrected chi connectivity index (χ1v) is 7.23. The Morgan fingerprint density at radius 3 is 2.40 bits per heavy atom. The fraction of sp³-hybridized carbons (Fsp3) is 0.500. The molecule has 1 unspecified atom stereocenters. The number of fused-ring (bicyclic) bond motifs is 1. The van der Waals surface area contributed by atoms with Gasteiger partial charge in [-0.15, -0.1) is 0 Å². The Balaban J connectivity index is 1.59. The van der Waals surface area contributed by atoms with Gasteiger partial charge in [0, 0.05) is 11.6 Å². The summed E-state index contributed by atoms with van der Waals surface area (Å²) in [7, 11) is 0. The summed E-state index contributed by atoms with van der Waals surface area (Å²) in [5.41, 5.74) is 1.72. The van der Waals surface area contributed by atoms with Crippen LogP contribution in [-0.4, -0.2) is 23.8 Å². The second-order valence-electron chi connectivity index (χ2n) is 5.90. The smallest absolute Gasteiger partial charge is 0.237 e. The second-order valence-corrected chi connectivity index (χ2v) is 5.90. The quantitative estimate of drug-likeness (QED) is 0.822. The summed E-state index contributed by atoms with van der Waals surface area (Å²) in [5.74, 6) is 0.694. The van der Waals surface area contributed by atoms with E-state index < -0.39 is 0 Å². The number of hydrogen-bond acceptors (Lipinski definition) is 3. The summed E-state index contributed by atoms with van der Waals surface area (Å²) in [6, 6.07) is 7.96. The number of amides is 1. The van der Waals surface area contributed by atoms with Crippen LogP contribution in [0.4, 0.5) is 0 Å². The number of carbonyl (C=O) groups is 2. The normalized spacial score (nSPS) is 28.6. The number of rotatable bonds is 4. The van der Waals surface area contributed by atoms with Crippen molar-refractivity contribution in [2.24, 2.45) is 5.92 Å². The zero-order valence-corrected chi connectivity index (χ0v) is 11.8. The molecule has 4 atom stereocenters. The van der Waals surface area contributed by atoms with Crippen molar-refractivity contribution in [1.82, 2.24) is 10.6 Å². The summed E-state index contributed by atoms with van der Waals surface area (Å²) in [6.07, 6.45) is 2.37. The van der Waals surface area contributed by atoms with Gasteiger partial charge in [-0.1, -0.05) is 24.3 Å². The lowest BCUT2D eigenvalue weighted by Crippen LogP contribution is -2.71. The van der Waals surface area contributed by atoms with Crippen molar-refractivity contribution < 1.29 is 9.59 Å². The van der Waals surface area contributed by atoms with Crippen LogP contribution in [0.5, 0.6) is 0 Å². The fourth-order valence-electron chi connectivity index (χ4n) is 3.03. The van der Waals surface area contributed by atoms with Crippen LogP contribution in [0, 0.1) is 5.92 Å². The minimum absolute atomic E-state index is 0.00677. The van der Waals surface area contributed by atoms with Gasteiger partial charge < -0.3 is 10.6 Å². The van der Waals surface area contributed by atoms with Gasteiger partial charge in [0.05, 0.1) is 12.1 Å². The predicted molar refractivity (Wildman–Crippen MR) is 76.4 cm³/mol. The molecule has 1 saturated carbocycles. The molecule has 2 fully saturated rings. The maximum atomic E-state index is 12.1. The highest BCUT2D eigenvalue weighted by molar-refractivity contribution is 5.94. The van der Waals surface area contributed by atoms with Gasteiger partial charge in [-0.3, -0.25) is 9.59 Å². The van der Waals surface area contributed by atoms with E-state index in [-0.39, 0.29) is 23.8 Å². The number of hydrogen-bond donors (Lipinski definition) is 2. The predicted octanol–water partition coefficient (Wildman–Crippen LogP) is 1.82. The molecule has 1 aromatic rings. The Kier molecular flexibility index (Phi) is 3.34. The maximum absolute atomic E-state index is 12.1. The lowest BCUT2D eigenvalue weighted by Gasteiger charge is -2.53. The SMILES string of the molecule is CC(=O)c1ccc([C@H](C)NC(=O)[C@@H]2N[C@H]3CCC32)cc1. The molecule has 1 aliphatic heterocycles. The van der Waals surface area contributed by atoms with Crippen molar-refractivity contribution in [3.63, 3.8) is 0 Å². The summed E-state index contributed by atoms with van der Waals surface area (Å²) >= 11 is 0. The molecule has 1 aliphatic carbocycles. The first-order valence-electron chi connectivity index (χ1n) is 7.23. The lowest BCUT2D eigenvalue weighted by atomic mass is 9.67. The highest BCUT2D eigenvalue weighted by atomic mass is 16.2. The van der Waals surface area contributed by atoms with Crippen LogP contribution in [0.25, 0.3) is 0 Å². The van der Waals surface area contributed by atoms with Crippen molar-refractivity contribution in [2.45, 2.75) is 44.8 Å². The van der Waals surface area contributed by atoms with E-state index >= 15 is 0 Å². The van der Waals surface area contributed by atoms with E-state index in [9.17, 15) is 9.59 Å². The van der Waals surface area contributed by atoms with Crippen LogP contribution >= 0.6 is 0 Å². The molecule has 1 heterocycles. The Labute approximate surface area is 118 Å². The van der Waals surface area contributed by atoms with Crippen LogP contribution in [0.1, 0.15) is 48.7 Å². The lowest BCUT2D eigenvalue weighted by molar-refractivity contribution is -0.132. The first-order chi connectivity index (χ1) is 9.56. The number of nitrogens with one attached hydrogen (secondary N) is 2. The summed E-state index contributed by atoms with van der Waals surface area (Å²) in [6.45, 7) is 3.52. The Morgan fingerprint density at radius 2 is 1.95 bits per heavy atom. The standard InChI is InChI=1S/C16H20N2O2/c1-9(11-3-5-12(6-4-11)10(2)19)17-16(20)15-13-7-8-14(13)18-15/h3-6,9,13-15,18H,7-8H2,1-2H3,(H,17,20)/t9-,13?,14-,15+/m0/s1. The number of piperidine rings is 1. The first kappa shape index (κ1) is 13.3. The highest BCUT2D eigenvalue weighted by Gasteiger charge is 2.50. The molecule has 20 heavy (non-hydrogen) atoms. The number of ketones is 1. The van der Waals surface area contributed by atoms with E-state index in [1.54, 1.807) is 6.92 Å². The van der Waals surface area contributed by atoms with E-state index in [1.807, 2.05) is 31.2 Å². The Bertz CT molecular complexity index is 538. The number of Topliss-reactive ketones (excluding diaryl/α,β-unsaturated/α-hetero) is 1. The molecule has 0 aromatic heterocycles. The average Bonchev–Trinajstić information content (AvgIpc) is 2.41. The van der Waals surface area contributed by atoms with E-state index in [1.165, 1.54) is 6.42 Å². The third kappa shape index (κ3) is 2.24. The number of carbonyl (C=O) groups excluding carboxylic acids is 2. The topological polar surface area (TPSA) is 58.2 Å². The van der Waals surface area contributed by atoms with Gasteiger partial charge in [0.1, 0.15) is 0 Å². The monoisotopic (exact) mass is 272 g/mol. The van der Waals surface area contributed by atoms with Crippen molar-refractivity contribution in [1.29, 1.82) is 0 Å². The third-order valence-electron chi connectivity index (χ3n) is 4.61. The van der Waals surface area contributed by atoms with Gasteiger partial charge in [-0.2, -0.15) is 0 Å². The van der Waals surface area contributed by atoms with Gasteiger partial charge in [0.2, 0.25) is 5.91 Å². The summed E-state index contributed by atoms with van der Waals surface area (Å²) < 4.78 is 0. The molecule has 4 nitrogen and oxygen atoms in total. The molecule has 4 heteroatoms. The zero-order valence-electron chi connectivity index (χ0n) is 11.8. The van der Waals surface area contributed by atoms with E-state index in [0.717, 1.165) is 12.0 Å². The van der Waals surface area contributed by atoms with E-state index in [0.29, 0.717) is 17.5 Å². The Hall–Kier alpha value is -1.68. The number of benzene rings is 1. The summed E-state index contributed by atoms with van der Waals surface area (Å²) in [4.78, 5) is 23.4. The molecular formula is C16H20N2O2. The molecule has 3 rings (SSSR count). The third-order valence-corrected chi connectivity index (χ3v) is 4.61. The molecule has 106 valence electrons. The van der Waals surface area contributed by atoms with Crippen LogP contribution in [-0.2, 0) is 4.79 Å². The van der Waals surface area contributed by atoms with Crippen LogP contribution in [0.15, 0.2) is 24.3 Å². The molecule has 1 aromatic carbocycles. The molecule has 0 spiro atoms. The van der Waals surface area contributed by atoms with Crippen molar-refractivity contribution >= 4 is 11.7 Å². The zero-order chi connectivity index (χ0) is 14.3. The van der Waals surface area contributed by atoms with Gasteiger partial charge in [0.25, 0.3) is 0 Å². The fourth-order valence-corrected chi connectivity index (χ4v) is 3.03. The van der Waals surface area contributed by atoms with Gasteiger partial charge in [-0.05, 0) is 38.2 Å². The molecule has 0 bridgehead atoms. The van der Waals surface area contributed by atoms with Crippen molar-refractivity contribution in [2.75, 3.05) is 0 Å². The minimum atomic E-state index is -0.0376. The van der Waals surface area contributed by atoms with E-state index in [2.05, 4.69) is 10.6 Å². The van der Waals surface area contributed by atoms with Gasteiger partial charge in [0.15, 0.2) is 5.78 Å². The van der Waals surface area contributed by atoms with Crippen molar-refractivity contribution in [3.05, 3.63) is 35.4 Å². The van der Waals surface area contributed by atoms with E-state index in [4.69, 9.17) is 0 Å². The molecule has 1 saturated heterocycles. The largest absolute Gasteiger partial charge is 0.348 e.